The maximum absolute atomic E-state index is 11.7. The van der Waals surface area contributed by atoms with Crippen LogP contribution in [-0.4, -0.2) is 19.6 Å². The fourth-order valence-corrected chi connectivity index (χ4v) is 2.32. The Labute approximate surface area is 126 Å². The van der Waals surface area contributed by atoms with Gasteiger partial charge in [0.15, 0.2) is 0 Å². The van der Waals surface area contributed by atoms with Gasteiger partial charge in [0, 0.05) is 12.2 Å². The van der Waals surface area contributed by atoms with E-state index in [1.165, 1.54) is 12.7 Å². The number of methoxy groups -OCH3 is 1. The third kappa shape index (κ3) is 4.09. The number of aryl methyl sites for hydroxylation is 1. The predicted molar refractivity (Wildman–Crippen MR) is 85.8 cm³/mol. The average molecular weight is 283 g/mol. The summed E-state index contributed by atoms with van der Waals surface area (Å²) in [6.07, 6.45) is 2.09. The number of esters is 1. The van der Waals surface area contributed by atoms with E-state index >= 15 is 0 Å². The van der Waals surface area contributed by atoms with Gasteiger partial charge in [-0.1, -0.05) is 36.4 Å². The normalized spacial score (nSPS) is 10.2. The number of ether oxygens (including phenoxy) is 1. The molecule has 0 aromatic heterocycles. The van der Waals surface area contributed by atoms with Gasteiger partial charge in [0.1, 0.15) is 0 Å². The van der Waals surface area contributed by atoms with E-state index < -0.39 is 0 Å². The van der Waals surface area contributed by atoms with Crippen LogP contribution in [0.5, 0.6) is 0 Å². The fraction of sp³-hybridized carbons (Fsp3) is 0.278. The minimum atomic E-state index is -0.291. The predicted octanol–water partition coefficient (Wildman–Crippen LogP) is 3.83. The van der Waals surface area contributed by atoms with Crippen LogP contribution >= 0.6 is 0 Å². The molecule has 0 spiro atoms. The lowest BCUT2D eigenvalue weighted by molar-refractivity contribution is 0.0600. The Morgan fingerprint density at radius 1 is 1.10 bits per heavy atom. The molecule has 0 heterocycles. The molecule has 110 valence electrons. The molecule has 21 heavy (non-hydrogen) atoms. The molecule has 0 unspecified atom stereocenters. The second-order valence-electron chi connectivity index (χ2n) is 4.99. The van der Waals surface area contributed by atoms with Gasteiger partial charge in [-0.15, -0.1) is 0 Å². The van der Waals surface area contributed by atoms with Crippen molar-refractivity contribution in [1.82, 2.24) is 0 Å². The highest BCUT2D eigenvalue weighted by molar-refractivity contribution is 5.92. The maximum atomic E-state index is 11.7. The summed E-state index contributed by atoms with van der Waals surface area (Å²) in [6.45, 7) is 2.81. The highest BCUT2D eigenvalue weighted by Gasteiger charge is 2.11. The van der Waals surface area contributed by atoms with Crippen molar-refractivity contribution in [2.45, 2.75) is 19.8 Å². The van der Waals surface area contributed by atoms with Crippen LogP contribution in [0.3, 0.4) is 0 Å². The number of carbonyl (C=O) groups is 1. The highest BCUT2D eigenvalue weighted by atomic mass is 16.5. The van der Waals surface area contributed by atoms with Crippen LogP contribution in [0, 0.1) is 6.92 Å². The third-order valence-corrected chi connectivity index (χ3v) is 3.54. The largest absolute Gasteiger partial charge is 0.465 e. The number of rotatable bonds is 6. The molecule has 0 fully saturated rings. The Morgan fingerprint density at radius 3 is 2.57 bits per heavy atom. The molecule has 0 aliphatic carbocycles. The molecule has 0 aliphatic heterocycles. The van der Waals surface area contributed by atoms with Gasteiger partial charge in [-0.2, -0.15) is 0 Å². The van der Waals surface area contributed by atoms with E-state index in [0.717, 1.165) is 30.6 Å². The average Bonchev–Trinajstić information content (AvgIpc) is 2.53. The lowest BCUT2D eigenvalue weighted by Gasteiger charge is -2.12. The van der Waals surface area contributed by atoms with Crippen LogP contribution in [0.15, 0.2) is 48.5 Å². The summed E-state index contributed by atoms with van der Waals surface area (Å²) in [7, 11) is 1.40. The second kappa shape index (κ2) is 7.48. The van der Waals surface area contributed by atoms with E-state index in [1.807, 2.05) is 25.1 Å². The molecular weight excluding hydrogens is 262 g/mol. The van der Waals surface area contributed by atoms with Crippen molar-refractivity contribution < 1.29 is 9.53 Å². The summed E-state index contributed by atoms with van der Waals surface area (Å²) >= 11 is 0. The molecule has 0 atom stereocenters. The van der Waals surface area contributed by atoms with Crippen LogP contribution < -0.4 is 5.32 Å². The van der Waals surface area contributed by atoms with Gasteiger partial charge in [0.05, 0.1) is 12.7 Å². The fourth-order valence-electron chi connectivity index (χ4n) is 2.32. The zero-order valence-electron chi connectivity index (χ0n) is 12.6. The monoisotopic (exact) mass is 283 g/mol. The zero-order chi connectivity index (χ0) is 15.1. The lowest BCUT2D eigenvalue weighted by atomic mass is 10.1. The summed E-state index contributed by atoms with van der Waals surface area (Å²) in [6, 6.07) is 16.1. The number of nitrogens with one attached hydrogen (secondary N) is 1. The van der Waals surface area contributed by atoms with E-state index in [9.17, 15) is 4.79 Å². The molecule has 2 aromatic carbocycles. The topological polar surface area (TPSA) is 38.3 Å². The van der Waals surface area contributed by atoms with E-state index in [0.29, 0.717) is 5.56 Å². The number of benzene rings is 2. The number of hydrogen-bond acceptors (Lipinski definition) is 3. The van der Waals surface area contributed by atoms with Gasteiger partial charge in [0.2, 0.25) is 0 Å². The van der Waals surface area contributed by atoms with Crippen LogP contribution in [0.4, 0.5) is 5.69 Å². The van der Waals surface area contributed by atoms with Crippen molar-refractivity contribution >= 4 is 11.7 Å². The maximum Gasteiger partial charge on any atom is 0.338 e. The van der Waals surface area contributed by atoms with E-state index in [1.54, 1.807) is 6.07 Å². The van der Waals surface area contributed by atoms with Gasteiger partial charge in [-0.05, 0) is 43.0 Å². The van der Waals surface area contributed by atoms with Crippen molar-refractivity contribution in [1.29, 1.82) is 0 Å². The molecule has 1 N–H and O–H groups in total. The quantitative estimate of drug-likeness (QED) is 0.647. The van der Waals surface area contributed by atoms with Gasteiger partial charge in [-0.25, -0.2) is 4.79 Å². The van der Waals surface area contributed by atoms with Crippen molar-refractivity contribution in [3.63, 3.8) is 0 Å². The van der Waals surface area contributed by atoms with Gasteiger partial charge in [-0.3, -0.25) is 0 Å². The van der Waals surface area contributed by atoms with Crippen LogP contribution in [0.25, 0.3) is 0 Å². The minimum absolute atomic E-state index is 0.291. The minimum Gasteiger partial charge on any atom is -0.465 e. The Morgan fingerprint density at radius 2 is 1.86 bits per heavy atom. The van der Waals surface area contributed by atoms with Gasteiger partial charge < -0.3 is 10.1 Å². The summed E-state index contributed by atoms with van der Waals surface area (Å²) in [5, 5.41) is 3.39. The van der Waals surface area contributed by atoms with E-state index in [-0.39, 0.29) is 5.97 Å². The molecule has 0 radical (unpaired) electrons. The standard InChI is InChI=1S/C18H21NO2/c1-14-16(18(20)21-2)11-6-12-17(14)19-13-7-10-15-8-4-3-5-9-15/h3-6,8-9,11-12,19H,7,10,13H2,1-2H3. The number of anilines is 1. The smallest absolute Gasteiger partial charge is 0.338 e. The Kier molecular flexibility index (Phi) is 5.38. The van der Waals surface area contributed by atoms with Crippen molar-refractivity contribution in [2.75, 3.05) is 19.0 Å². The molecular formula is C18H21NO2. The highest BCUT2D eigenvalue weighted by Crippen LogP contribution is 2.19. The van der Waals surface area contributed by atoms with Crippen molar-refractivity contribution in [3.05, 3.63) is 65.2 Å². The van der Waals surface area contributed by atoms with Crippen LogP contribution in [-0.2, 0) is 11.2 Å². The molecule has 0 aliphatic rings. The molecule has 3 nitrogen and oxygen atoms in total. The van der Waals surface area contributed by atoms with Gasteiger partial charge in [0.25, 0.3) is 0 Å². The first-order valence-electron chi connectivity index (χ1n) is 7.18. The summed E-state index contributed by atoms with van der Waals surface area (Å²) in [5.74, 6) is -0.291. The molecule has 2 aromatic rings. The number of carbonyl (C=O) groups excluding carboxylic acids is 1. The summed E-state index contributed by atoms with van der Waals surface area (Å²) < 4.78 is 4.79. The lowest BCUT2D eigenvalue weighted by Crippen LogP contribution is -2.09. The molecule has 0 saturated carbocycles. The second-order valence-corrected chi connectivity index (χ2v) is 4.99. The third-order valence-electron chi connectivity index (χ3n) is 3.54. The van der Waals surface area contributed by atoms with E-state index in [4.69, 9.17) is 4.74 Å². The van der Waals surface area contributed by atoms with Crippen molar-refractivity contribution in [3.8, 4) is 0 Å². The van der Waals surface area contributed by atoms with E-state index in [2.05, 4.69) is 29.6 Å². The summed E-state index contributed by atoms with van der Waals surface area (Å²) in [4.78, 5) is 11.7. The Hall–Kier alpha value is -2.29. The van der Waals surface area contributed by atoms with Crippen LogP contribution in [0.2, 0.25) is 0 Å². The molecule has 0 bridgehead atoms. The zero-order valence-corrected chi connectivity index (χ0v) is 12.6. The molecule has 3 heteroatoms. The Balaban J connectivity index is 1.90. The van der Waals surface area contributed by atoms with Gasteiger partial charge >= 0.3 is 5.97 Å². The van der Waals surface area contributed by atoms with Crippen molar-refractivity contribution in [2.24, 2.45) is 0 Å². The summed E-state index contributed by atoms with van der Waals surface area (Å²) in [5.41, 5.74) is 3.89. The molecule has 2 rings (SSSR count). The first-order valence-corrected chi connectivity index (χ1v) is 7.18. The first-order chi connectivity index (χ1) is 10.2. The Bertz CT molecular complexity index is 593. The first kappa shape index (κ1) is 15.1. The van der Waals surface area contributed by atoms with Crippen LogP contribution in [0.1, 0.15) is 27.9 Å². The molecule has 0 amide bonds. The number of hydrogen-bond donors (Lipinski definition) is 1. The molecule has 0 saturated heterocycles. The SMILES string of the molecule is COC(=O)c1cccc(NCCCc2ccccc2)c1C.